The van der Waals surface area contributed by atoms with Crippen LogP contribution in [0.1, 0.15) is 24.4 Å². The fraction of sp³-hybridized carbons (Fsp3) is 0.700. The summed E-state index contributed by atoms with van der Waals surface area (Å²) in [6.45, 7) is 3.99. The third-order valence-electron chi connectivity index (χ3n) is 2.79. The zero-order valence-electron chi connectivity index (χ0n) is 8.16. The quantitative estimate of drug-likeness (QED) is 0.739. The Morgan fingerprint density at radius 2 is 2.54 bits per heavy atom. The average molecular weight is 179 g/mol. The van der Waals surface area contributed by atoms with Gasteiger partial charge in [-0.05, 0) is 32.2 Å². The molecule has 0 radical (unpaired) electrons. The smallest absolute Gasteiger partial charge is 0.108 e. The van der Waals surface area contributed by atoms with Gasteiger partial charge >= 0.3 is 0 Å². The van der Waals surface area contributed by atoms with E-state index in [1.807, 2.05) is 0 Å². The molecule has 0 aromatic carbocycles. The van der Waals surface area contributed by atoms with Crippen molar-refractivity contribution < 1.29 is 0 Å². The van der Waals surface area contributed by atoms with Crippen molar-refractivity contribution in [2.75, 3.05) is 6.54 Å². The molecule has 1 atom stereocenters. The summed E-state index contributed by atoms with van der Waals surface area (Å²) < 4.78 is 2.29. The van der Waals surface area contributed by atoms with Gasteiger partial charge in [0, 0.05) is 19.2 Å². The second-order valence-corrected chi connectivity index (χ2v) is 3.93. The summed E-state index contributed by atoms with van der Waals surface area (Å²) in [5.41, 5.74) is 6.70. The fourth-order valence-corrected chi connectivity index (χ4v) is 2.13. The molecule has 1 aromatic rings. The largest absolute Gasteiger partial charge is 0.334 e. The average Bonchev–Trinajstić information content (AvgIpc) is 2.44. The zero-order valence-corrected chi connectivity index (χ0v) is 8.16. The van der Waals surface area contributed by atoms with Crippen LogP contribution in [0.3, 0.4) is 0 Å². The topological polar surface area (TPSA) is 43.8 Å². The molecule has 0 amide bonds. The number of hydrogen-bond donors (Lipinski definition) is 1. The number of nitrogens with two attached hydrogens (primary N) is 1. The Morgan fingerprint density at radius 3 is 3.31 bits per heavy atom. The van der Waals surface area contributed by atoms with Crippen LogP contribution in [0.5, 0.6) is 0 Å². The van der Waals surface area contributed by atoms with Gasteiger partial charge < -0.3 is 10.3 Å². The minimum atomic E-state index is 0.770. The van der Waals surface area contributed by atoms with E-state index in [0.29, 0.717) is 0 Å². The Bertz CT molecular complexity index is 290. The molecular formula is C10H17N3. The van der Waals surface area contributed by atoms with Gasteiger partial charge in [0.25, 0.3) is 0 Å². The van der Waals surface area contributed by atoms with Crippen molar-refractivity contribution in [1.82, 2.24) is 9.55 Å². The first-order valence-electron chi connectivity index (χ1n) is 5.02. The van der Waals surface area contributed by atoms with Crippen molar-refractivity contribution in [1.29, 1.82) is 0 Å². The van der Waals surface area contributed by atoms with Crippen LogP contribution in [-0.4, -0.2) is 16.1 Å². The molecule has 1 unspecified atom stereocenters. The van der Waals surface area contributed by atoms with Gasteiger partial charge in [0.1, 0.15) is 5.82 Å². The van der Waals surface area contributed by atoms with Crippen LogP contribution in [0.15, 0.2) is 6.20 Å². The highest BCUT2D eigenvalue weighted by atomic mass is 15.1. The van der Waals surface area contributed by atoms with Crippen LogP contribution in [0.25, 0.3) is 0 Å². The van der Waals surface area contributed by atoms with E-state index in [9.17, 15) is 0 Å². The predicted octanol–water partition coefficient (Wildman–Crippen LogP) is 1.10. The molecule has 1 aromatic heterocycles. The SMILES string of the molecule is Cc1cn2c(n1)CCC(CCN)C2. The van der Waals surface area contributed by atoms with Crippen molar-refractivity contribution in [3.8, 4) is 0 Å². The van der Waals surface area contributed by atoms with Crippen LogP contribution in [0.2, 0.25) is 0 Å². The summed E-state index contributed by atoms with van der Waals surface area (Å²) in [5, 5.41) is 0. The monoisotopic (exact) mass is 179 g/mol. The maximum Gasteiger partial charge on any atom is 0.108 e. The summed E-state index contributed by atoms with van der Waals surface area (Å²) in [7, 11) is 0. The summed E-state index contributed by atoms with van der Waals surface area (Å²) >= 11 is 0. The minimum Gasteiger partial charge on any atom is -0.334 e. The lowest BCUT2D eigenvalue weighted by molar-refractivity contribution is 0.349. The second kappa shape index (κ2) is 3.50. The van der Waals surface area contributed by atoms with E-state index < -0.39 is 0 Å². The van der Waals surface area contributed by atoms with Gasteiger partial charge in [-0.15, -0.1) is 0 Å². The molecule has 0 saturated carbocycles. The van der Waals surface area contributed by atoms with E-state index in [2.05, 4.69) is 22.7 Å². The van der Waals surface area contributed by atoms with Gasteiger partial charge in [-0.25, -0.2) is 4.98 Å². The number of nitrogens with zero attached hydrogens (tertiary/aromatic N) is 2. The first-order valence-corrected chi connectivity index (χ1v) is 5.02. The molecule has 0 aliphatic carbocycles. The van der Waals surface area contributed by atoms with Gasteiger partial charge in [-0.2, -0.15) is 0 Å². The zero-order chi connectivity index (χ0) is 9.26. The molecule has 0 bridgehead atoms. The molecule has 2 heterocycles. The number of fused-ring (bicyclic) bond motifs is 1. The van der Waals surface area contributed by atoms with Crippen molar-refractivity contribution in [3.63, 3.8) is 0 Å². The Morgan fingerprint density at radius 1 is 1.69 bits per heavy atom. The maximum absolute atomic E-state index is 5.56. The number of rotatable bonds is 2. The summed E-state index contributed by atoms with van der Waals surface area (Å²) in [6, 6.07) is 0. The van der Waals surface area contributed by atoms with Gasteiger partial charge in [0.05, 0.1) is 5.69 Å². The lowest BCUT2D eigenvalue weighted by Gasteiger charge is -2.22. The number of aryl methyl sites for hydroxylation is 2. The summed E-state index contributed by atoms with van der Waals surface area (Å²) in [5.74, 6) is 2.02. The molecule has 1 aliphatic heterocycles. The van der Waals surface area contributed by atoms with Crippen molar-refractivity contribution in [2.45, 2.75) is 32.7 Å². The maximum atomic E-state index is 5.56. The van der Waals surface area contributed by atoms with Crippen molar-refractivity contribution >= 4 is 0 Å². The van der Waals surface area contributed by atoms with E-state index in [4.69, 9.17) is 5.73 Å². The molecule has 0 spiro atoms. The van der Waals surface area contributed by atoms with Crippen LogP contribution in [0.4, 0.5) is 0 Å². The standard InChI is InChI=1S/C10H17N3/c1-8-6-13-7-9(4-5-11)2-3-10(13)12-8/h6,9H,2-5,7,11H2,1H3. The Balaban J connectivity index is 2.10. The van der Waals surface area contributed by atoms with Crippen LogP contribution >= 0.6 is 0 Å². The molecule has 1 aliphatic rings. The highest BCUT2D eigenvalue weighted by Gasteiger charge is 2.18. The Hall–Kier alpha value is -0.830. The Labute approximate surface area is 79.0 Å². The van der Waals surface area contributed by atoms with Gasteiger partial charge in [0.2, 0.25) is 0 Å². The molecule has 3 nitrogen and oxygen atoms in total. The molecule has 72 valence electrons. The van der Waals surface area contributed by atoms with Gasteiger partial charge in [-0.1, -0.05) is 0 Å². The molecular weight excluding hydrogens is 162 g/mol. The van der Waals surface area contributed by atoms with E-state index >= 15 is 0 Å². The Kier molecular flexibility index (Phi) is 2.36. The van der Waals surface area contributed by atoms with Gasteiger partial charge in [0.15, 0.2) is 0 Å². The van der Waals surface area contributed by atoms with E-state index in [-0.39, 0.29) is 0 Å². The molecule has 0 fully saturated rings. The normalized spacial score (nSPS) is 21.5. The molecule has 0 saturated heterocycles. The third kappa shape index (κ3) is 1.75. The fourth-order valence-electron chi connectivity index (χ4n) is 2.13. The van der Waals surface area contributed by atoms with Crippen LogP contribution in [0, 0.1) is 12.8 Å². The first-order chi connectivity index (χ1) is 6.29. The van der Waals surface area contributed by atoms with Gasteiger partial charge in [-0.3, -0.25) is 0 Å². The van der Waals surface area contributed by atoms with E-state index in [0.717, 1.165) is 37.5 Å². The molecule has 2 N–H and O–H groups in total. The third-order valence-corrected chi connectivity index (χ3v) is 2.79. The summed E-state index contributed by atoms with van der Waals surface area (Å²) in [4.78, 5) is 4.48. The molecule has 3 heteroatoms. The molecule has 13 heavy (non-hydrogen) atoms. The predicted molar refractivity (Wildman–Crippen MR) is 52.4 cm³/mol. The lowest BCUT2D eigenvalue weighted by atomic mass is 9.96. The lowest BCUT2D eigenvalue weighted by Crippen LogP contribution is -2.22. The van der Waals surface area contributed by atoms with Crippen molar-refractivity contribution in [2.24, 2.45) is 11.7 Å². The highest BCUT2D eigenvalue weighted by molar-refractivity contribution is 5.04. The first kappa shape index (κ1) is 8.75. The number of hydrogen-bond acceptors (Lipinski definition) is 2. The minimum absolute atomic E-state index is 0.770. The van der Waals surface area contributed by atoms with Crippen LogP contribution < -0.4 is 5.73 Å². The van der Waals surface area contributed by atoms with E-state index in [1.54, 1.807) is 0 Å². The number of imidazole rings is 1. The summed E-state index contributed by atoms with van der Waals surface area (Å²) in [6.07, 6.45) is 5.68. The van der Waals surface area contributed by atoms with Crippen molar-refractivity contribution in [3.05, 3.63) is 17.7 Å². The highest BCUT2D eigenvalue weighted by Crippen LogP contribution is 2.21. The van der Waals surface area contributed by atoms with Crippen LogP contribution in [-0.2, 0) is 13.0 Å². The van der Waals surface area contributed by atoms with E-state index in [1.165, 1.54) is 12.2 Å². The number of aromatic nitrogens is 2. The molecule has 2 rings (SSSR count). The second-order valence-electron chi connectivity index (χ2n) is 3.93.